The minimum atomic E-state index is 0.0547. The molecule has 0 fully saturated rings. The molecule has 0 aliphatic heterocycles. The summed E-state index contributed by atoms with van der Waals surface area (Å²) in [6, 6.07) is 13.8. The van der Waals surface area contributed by atoms with Crippen molar-refractivity contribution in [1.82, 2.24) is 0 Å². The van der Waals surface area contributed by atoms with Crippen LogP contribution in [0.3, 0.4) is 0 Å². The first kappa shape index (κ1) is 13.9. The molecule has 2 aromatic rings. The fraction of sp³-hybridized carbons (Fsp3) is 0.133. The molecule has 3 nitrogen and oxygen atoms in total. The molecule has 3 N–H and O–H groups in total. The van der Waals surface area contributed by atoms with Gasteiger partial charge in [0.05, 0.1) is 0 Å². The summed E-state index contributed by atoms with van der Waals surface area (Å²) in [7, 11) is 0. The molecule has 2 aromatic carbocycles. The van der Waals surface area contributed by atoms with Gasteiger partial charge >= 0.3 is 0 Å². The van der Waals surface area contributed by atoms with E-state index >= 15 is 0 Å². The fourth-order valence-corrected chi connectivity index (χ4v) is 2.02. The zero-order valence-corrected chi connectivity index (χ0v) is 12.8. The molecule has 2 rings (SSSR count). The molecule has 98 valence electrons. The van der Waals surface area contributed by atoms with Crippen molar-refractivity contribution < 1.29 is 4.74 Å². The molecule has 0 aliphatic rings. The van der Waals surface area contributed by atoms with Crippen LogP contribution in [0.15, 0.2) is 42.5 Å². The molecule has 0 bridgehead atoms. The van der Waals surface area contributed by atoms with E-state index in [4.69, 9.17) is 15.9 Å². The van der Waals surface area contributed by atoms with E-state index in [1.165, 1.54) is 3.57 Å². The summed E-state index contributed by atoms with van der Waals surface area (Å²) in [5.74, 6) is 0.824. The van der Waals surface area contributed by atoms with Crippen molar-refractivity contribution in [2.24, 2.45) is 5.73 Å². The monoisotopic (exact) mass is 366 g/mol. The van der Waals surface area contributed by atoms with Crippen molar-refractivity contribution in [1.29, 1.82) is 5.41 Å². The minimum Gasteiger partial charge on any atom is -0.489 e. The molecule has 0 saturated carbocycles. The van der Waals surface area contributed by atoms with Crippen molar-refractivity contribution in [3.63, 3.8) is 0 Å². The SMILES string of the molecule is Cc1ccc(C(=N)N)cc1OCc1ccc(I)cc1. The first-order valence-corrected chi connectivity index (χ1v) is 6.96. The highest BCUT2D eigenvalue weighted by Crippen LogP contribution is 2.21. The van der Waals surface area contributed by atoms with E-state index in [2.05, 4.69) is 34.7 Å². The second-order valence-electron chi connectivity index (χ2n) is 4.31. The predicted octanol–water partition coefficient (Wildman–Crippen LogP) is 3.46. The molecule has 0 atom stereocenters. The maximum absolute atomic E-state index is 7.44. The van der Waals surface area contributed by atoms with Gasteiger partial charge in [0.15, 0.2) is 0 Å². The molecule has 0 spiro atoms. The van der Waals surface area contributed by atoms with Crippen LogP contribution in [0.1, 0.15) is 16.7 Å². The van der Waals surface area contributed by atoms with Crippen LogP contribution in [-0.4, -0.2) is 5.84 Å². The number of benzene rings is 2. The Kier molecular flexibility index (Phi) is 4.42. The third-order valence-electron chi connectivity index (χ3n) is 2.81. The van der Waals surface area contributed by atoms with E-state index in [1.54, 1.807) is 0 Å². The van der Waals surface area contributed by atoms with Crippen LogP contribution in [0, 0.1) is 15.9 Å². The molecule has 0 aromatic heterocycles. The summed E-state index contributed by atoms with van der Waals surface area (Å²) in [6.45, 7) is 2.49. The summed E-state index contributed by atoms with van der Waals surface area (Å²) in [4.78, 5) is 0. The molecule has 4 heteroatoms. The maximum Gasteiger partial charge on any atom is 0.123 e. The highest BCUT2D eigenvalue weighted by molar-refractivity contribution is 14.1. The van der Waals surface area contributed by atoms with Crippen LogP contribution in [0.25, 0.3) is 0 Å². The van der Waals surface area contributed by atoms with Crippen molar-refractivity contribution in [2.45, 2.75) is 13.5 Å². The van der Waals surface area contributed by atoms with Gasteiger partial charge in [-0.3, -0.25) is 5.41 Å². The van der Waals surface area contributed by atoms with E-state index in [9.17, 15) is 0 Å². The third kappa shape index (κ3) is 3.70. The lowest BCUT2D eigenvalue weighted by Gasteiger charge is -2.11. The minimum absolute atomic E-state index is 0.0547. The van der Waals surface area contributed by atoms with E-state index < -0.39 is 0 Å². The molecule has 0 saturated heterocycles. The summed E-state index contributed by atoms with van der Waals surface area (Å²) in [6.07, 6.45) is 0. The lowest BCUT2D eigenvalue weighted by molar-refractivity contribution is 0.304. The Balaban J connectivity index is 2.12. The maximum atomic E-state index is 7.44. The van der Waals surface area contributed by atoms with Crippen LogP contribution in [-0.2, 0) is 6.61 Å². The van der Waals surface area contributed by atoms with Crippen LogP contribution >= 0.6 is 22.6 Å². The number of amidine groups is 1. The molecular weight excluding hydrogens is 351 g/mol. The quantitative estimate of drug-likeness (QED) is 0.495. The van der Waals surface area contributed by atoms with Gasteiger partial charge in [0.1, 0.15) is 18.2 Å². The van der Waals surface area contributed by atoms with Gasteiger partial charge in [-0.05, 0) is 58.8 Å². The Bertz CT molecular complexity index is 594. The van der Waals surface area contributed by atoms with Gasteiger partial charge in [-0.25, -0.2) is 0 Å². The topological polar surface area (TPSA) is 59.1 Å². The molecule has 0 unspecified atom stereocenters. The van der Waals surface area contributed by atoms with Gasteiger partial charge in [-0.1, -0.05) is 24.3 Å². The van der Waals surface area contributed by atoms with Gasteiger partial charge in [-0.15, -0.1) is 0 Å². The third-order valence-corrected chi connectivity index (χ3v) is 3.53. The van der Waals surface area contributed by atoms with E-state index in [0.29, 0.717) is 12.2 Å². The molecule has 0 radical (unpaired) electrons. The number of ether oxygens (including phenoxy) is 1. The Hall–Kier alpha value is -1.56. The zero-order chi connectivity index (χ0) is 13.8. The van der Waals surface area contributed by atoms with Crippen molar-refractivity contribution in [3.8, 4) is 5.75 Å². The number of nitrogens with two attached hydrogens (primary N) is 1. The van der Waals surface area contributed by atoms with Crippen LogP contribution in [0.5, 0.6) is 5.75 Å². The number of hydrogen-bond acceptors (Lipinski definition) is 2. The Morgan fingerprint density at radius 2 is 1.89 bits per heavy atom. The normalized spacial score (nSPS) is 10.2. The smallest absolute Gasteiger partial charge is 0.123 e. The number of aryl methyl sites for hydroxylation is 1. The fourth-order valence-electron chi connectivity index (χ4n) is 1.66. The van der Waals surface area contributed by atoms with Crippen molar-refractivity contribution in [3.05, 3.63) is 62.7 Å². The number of halogens is 1. The van der Waals surface area contributed by atoms with Crippen LogP contribution in [0.4, 0.5) is 0 Å². The second-order valence-corrected chi connectivity index (χ2v) is 5.55. The van der Waals surface area contributed by atoms with E-state index in [1.807, 2.05) is 37.3 Å². The largest absolute Gasteiger partial charge is 0.489 e. The number of hydrogen-bond donors (Lipinski definition) is 2. The molecular formula is C15H15IN2O. The zero-order valence-electron chi connectivity index (χ0n) is 10.6. The van der Waals surface area contributed by atoms with Crippen LogP contribution < -0.4 is 10.5 Å². The standard InChI is InChI=1S/C15H15IN2O/c1-10-2-5-12(15(17)18)8-14(10)19-9-11-3-6-13(16)7-4-11/h2-8H,9H2,1H3,(H3,17,18). The Morgan fingerprint density at radius 1 is 1.21 bits per heavy atom. The number of nitrogen functional groups attached to an aromatic ring is 1. The van der Waals surface area contributed by atoms with Gasteiger partial charge in [-0.2, -0.15) is 0 Å². The average molecular weight is 366 g/mol. The average Bonchev–Trinajstić information content (AvgIpc) is 2.39. The van der Waals surface area contributed by atoms with Gasteiger partial charge in [0, 0.05) is 9.13 Å². The predicted molar refractivity (Wildman–Crippen MR) is 85.7 cm³/mol. The van der Waals surface area contributed by atoms with Gasteiger partial charge in [0.2, 0.25) is 0 Å². The molecule has 0 amide bonds. The Morgan fingerprint density at radius 3 is 2.53 bits per heavy atom. The molecule has 0 aliphatic carbocycles. The number of nitrogens with one attached hydrogen (secondary N) is 1. The van der Waals surface area contributed by atoms with Gasteiger partial charge in [0.25, 0.3) is 0 Å². The van der Waals surface area contributed by atoms with E-state index in [-0.39, 0.29) is 5.84 Å². The highest BCUT2D eigenvalue weighted by Gasteiger charge is 2.04. The van der Waals surface area contributed by atoms with Crippen molar-refractivity contribution in [2.75, 3.05) is 0 Å². The van der Waals surface area contributed by atoms with E-state index in [0.717, 1.165) is 16.9 Å². The summed E-state index contributed by atoms with van der Waals surface area (Å²) in [5.41, 5.74) is 8.32. The molecule has 19 heavy (non-hydrogen) atoms. The highest BCUT2D eigenvalue weighted by atomic mass is 127. The summed E-state index contributed by atoms with van der Waals surface area (Å²) in [5, 5.41) is 7.44. The van der Waals surface area contributed by atoms with Crippen molar-refractivity contribution >= 4 is 28.4 Å². The summed E-state index contributed by atoms with van der Waals surface area (Å²) < 4.78 is 7.00. The lowest BCUT2D eigenvalue weighted by atomic mass is 10.1. The van der Waals surface area contributed by atoms with Crippen LogP contribution in [0.2, 0.25) is 0 Å². The first-order valence-electron chi connectivity index (χ1n) is 5.88. The lowest BCUT2D eigenvalue weighted by Crippen LogP contribution is -2.11. The first-order chi connectivity index (χ1) is 9.06. The second kappa shape index (κ2) is 6.06. The molecule has 0 heterocycles. The number of rotatable bonds is 4. The summed E-state index contributed by atoms with van der Waals surface area (Å²) >= 11 is 2.27. The van der Waals surface area contributed by atoms with Gasteiger partial charge < -0.3 is 10.5 Å². The Labute approximate surface area is 126 Å².